The summed E-state index contributed by atoms with van der Waals surface area (Å²) in [6, 6.07) is 0. The van der Waals surface area contributed by atoms with Crippen LogP contribution in [-0.2, 0) is 9.47 Å². The highest BCUT2D eigenvalue weighted by Gasteiger charge is 2.37. The van der Waals surface area contributed by atoms with Gasteiger partial charge >= 0.3 is 0 Å². The van der Waals surface area contributed by atoms with Gasteiger partial charge in [-0.2, -0.15) is 0 Å². The zero-order valence-corrected chi connectivity index (χ0v) is 5.67. The molecule has 0 spiro atoms. The van der Waals surface area contributed by atoms with Crippen LogP contribution >= 0.6 is 0 Å². The minimum atomic E-state index is 0.431. The van der Waals surface area contributed by atoms with Crippen LogP contribution in [0.15, 0.2) is 0 Å². The van der Waals surface area contributed by atoms with Crippen molar-refractivity contribution in [3.05, 3.63) is 0 Å². The van der Waals surface area contributed by atoms with Crippen LogP contribution in [0.4, 0.5) is 0 Å². The molecule has 2 aliphatic rings. The van der Waals surface area contributed by atoms with Crippen molar-refractivity contribution >= 4 is 0 Å². The van der Waals surface area contributed by atoms with E-state index in [1.165, 1.54) is 0 Å². The number of ether oxygens (including phenoxy) is 2. The zero-order valence-electron chi connectivity index (χ0n) is 5.67. The van der Waals surface area contributed by atoms with Crippen LogP contribution in [0.1, 0.15) is 19.8 Å². The fraction of sp³-hybridized carbons (Fsp3) is 1.00. The molecule has 2 fully saturated rings. The summed E-state index contributed by atoms with van der Waals surface area (Å²) in [5.41, 5.74) is 0. The van der Waals surface area contributed by atoms with Gasteiger partial charge in [0.25, 0.3) is 0 Å². The van der Waals surface area contributed by atoms with Gasteiger partial charge in [0.15, 0.2) is 0 Å². The molecule has 0 aliphatic carbocycles. The molecular formula is C7H12O2. The van der Waals surface area contributed by atoms with Crippen LogP contribution in [0.25, 0.3) is 0 Å². The van der Waals surface area contributed by atoms with Crippen molar-refractivity contribution < 1.29 is 9.47 Å². The molecule has 0 radical (unpaired) electrons. The second kappa shape index (κ2) is 1.96. The van der Waals surface area contributed by atoms with Gasteiger partial charge in [0.1, 0.15) is 0 Å². The minimum Gasteiger partial charge on any atom is -0.375 e. The van der Waals surface area contributed by atoms with E-state index in [1.807, 2.05) is 0 Å². The molecule has 0 N–H and O–H groups in total. The van der Waals surface area contributed by atoms with Crippen molar-refractivity contribution in [3.63, 3.8) is 0 Å². The Balaban J connectivity index is 2.02. The van der Waals surface area contributed by atoms with Gasteiger partial charge in [-0.05, 0) is 13.3 Å². The quantitative estimate of drug-likeness (QED) is 0.483. The maximum absolute atomic E-state index is 5.56. The van der Waals surface area contributed by atoms with Gasteiger partial charge in [-0.1, -0.05) is 0 Å². The number of rotatable bonds is 0. The topological polar surface area (TPSA) is 18.5 Å². The van der Waals surface area contributed by atoms with Gasteiger partial charge in [0, 0.05) is 13.0 Å². The zero-order chi connectivity index (χ0) is 6.27. The lowest BCUT2D eigenvalue weighted by molar-refractivity contribution is 0.0466. The number of hydrogen-bond donors (Lipinski definition) is 0. The van der Waals surface area contributed by atoms with E-state index in [0.29, 0.717) is 18.3 Å². The van der Waals surface area contributed by atoms with Gasteiger partial charge in [-0.3, -0.25) is 0 Å². The van der Waals surface area contributed by atoms with E-state index in [1.54, 1.807) is 0 Å². The Hall–Kier alpha value is -0.0800. The second-order valence-corrected chi connectivity index (χ2v) is 2.92. The Morgan fingerprint density at radius 1 is 1.33 bits per heavy atom. The summed E-state index contributed by atoms with van der Waals surface area (Å²) in [7, 11) is 0. The fourth-order valence-corrected chi connectivity index (χ4v) is 1.69. The summed E-state index contributed by atoms with van der Waals surface area (Å²) >= 11 is 0. The SMILES string of the molecule is CC1CC2OCCC2O1. The van der Waals surface area contributed by atoms with Gasteiger partial charge in [-0.25, -0.2) is 0 Å². The molecular weight excluding hydrogens is 116 g/mol. The minimum absolute atomic E-state index is 0.431. The van der Waals surface area contributed by atoms with Crippen molar-refractivity contribution in [3.8, 4) is 0 Å². The fourth-order valence-electron chi connectivity index (χ4n) is 1.69. The Labute approximate surface area is 55.1 Å². The summed E-state index contributed by atoms with van der Waals surface area (Å²) in [5.74, 6) is 0. The molecule has 2 aliphatic heterocycles. The molecule has 0 aromatic heterocycles. The molecule has 52 valence electrons. The number of fused-ring (bicyclic) bond motifs is 1. The standard InChI is InChI=1S/C7H12O2/c1-5-4-7-6(9-5)2-3-8-7/h5-7H,2-4H2,1H3. The lowest BCUT2D eigenvalue weighted by Crippen LogP contribution is -2.13. The third-order valence-electron chi connectivity index (χ3n) is 2.12. The molecule has 0 amide bonds. The van der Waals surface area contributed by atoms with Crippen molar-refractivity contribution in [2.45, 2.75) is 38.1 Å². The molecule has 2 saturated heterocycles. The normalized spacial score (nSPS) is 49.7. The van der Waals surface area contributed by atoms with E-state index in [2.05, 4.69) is 6.92 Å². The van der Waals surface area contributed by atoms with Crippen molar-refractivity contribution in [1.29, 1.82) is 0 Å². The molecule has 0 aromatic carbocycles. The first-order valence-corrected chi connectivity index (χ1v) is 3.63. The monoisotopic (exact) mass is 128 g/mol. The summed E-state index contributed by atoms with van der Waals surface area (Å²) in [6.07, 6.45) is 3.50. The van der Waals surface area contributed by atoms with Crippen LogP contribution in [0.3, 0.4) is 0 Å². The maximum atomic E-state index is 5.56. The van der Waals surface area contributed by atoms with E-state index in [4.69, 9.17) is 9.47 Å². The Bertz CT molecular complexity index is 101. The number of hydrogen-bond acceptors (Lipinski definition) is 2. The largest absolute Gasteiger partial charge is 0.375 e. The van der Waals surface area contributed by atoms with E-state index in [0.717, 1.165) is 19.4 Å². The second-order valence-electron chi connectivity index (χ2n) is 2.92. The first-order valence-electron chi connectivity index (χ1n) is 3.63. The highest BCUT2D eigenvalue weighted by Crippen LogP contribution is 2.29. The maximum Gasteiger partial charge on any atom is 0.0863 e. The molecule has 2 heteroatoms. The van der Waals surface area contributed by atoms with Gasteiger partial charge in [-0.15, -0.1) is 0 Å². The molecule has 2 rings (SSSR count). The smallest absolute Gasteiger partial charge is 0.0863 e. The van der Waals surface area contributed by atoms with Gasteiger partial charge in [0.2, 0.25) is 0 Å². The molecule has 0 aromatic rings. The Kier molecular flexibility index (Phi) is 1.24. The summed E-state index contributed by atoms with van der Waals surface area (Å²) in [5, 5.41) is 0. The van der Waals surface area contributed by atoms with Crippen LogP contribution in [0.5, 0.6) is 0 Å². The van der Waals surface area contributed by atoms with Gasteiger partial charge in [0.05, 0.1) is 18.3 Å². The van der Waals surface area contributed by atoms with Crippen LogP contribution in [0.2, 0.25) is 0 Å². The average Bonchev–Trinajstić information content (AvgIpc) is 2.22. The first kappa shape index (κ1) is 5.69. The van der Waals surface area contributed by atoms with E-state index < -0.39 is 0 Å². The summed E-state index contributed by atoms with van der Waals surface area (Å²) < 4.78 is 11.0. The van der Waals surface area contributed by atoms with Crippen molar-refractivity contribution in [2.24, 2.45) is 0 Å². The molecule has 9 heavy (non-hydrogen) atoms. The molecule has 3 unspecified atom stereocenters. The van der Waals surface area contributed by atoms with Crippen LogP contribution in [0, 0.1) is 0 Å². The van der Waals surface area contributed by atoms with Gasteiger partial charge < -0.3 is 9.47 Å². The molecule has 2 heterocycles. The van der Waals surface area contributed by atoms with Crippen molar-refractivity contribution in [1.82, 2.24) is 0 Å². The summed E-state index contributed by atoms with van der Waals surface area (Å²) in [6.45, 7) is 3.02. The predicted molar refractivity (Wildman–Crippen MR) is 33.3 cm³/mol. The first-order chi connectivity index (χ1) is 4.36. The highest BCUT2D eigenvalue weighted by molar-refractivity contribution is 4.85. The highest BCUT2D eigenvalue weighted by atomic mass is 16.6. The van der Waals surface area contributed by atoms with E-state index in [9.17, 15) is 0 Å². The lowest BCUT2D eigenvalue weighted by atomic mass is 10.1. The van der Waals surface area contributed by atoms with E-state index >= 15 is 0 Å². The third-order valence-corrected chi connectivity index (χ3v) is 2.12. The molecule has 2 nitrogen and oxygen atoms in total. The predicted octanol–water partition coefficient (Wildman–Crippen LogP) is 0.953. The summed E-state index contributed by atoms with van der Waals surface area (Å²) in [4.78, 5) is 0. The van der Waals surface area contributed by atoms with Crippen molar-refractivity contribution in [2.75, 3.05) is 6.61 Å². The Morgan fingerprint density at radius 3 is 3.00 bits per heavy atom. The van der Waals surface area contributed by atoms with Crippen LogP contribution in [-0.4, -0.2) is 24.9 Å². The van der Waals surface area contributed by atoms with Crippen LogP contribution < -0.4 is 0 Å². The molecule has 3 atom stereocenters. The average molecular weight is 128 g/mol. The third kappa shape index (κ3) is 0.864. The lowest BCUT2D eigenvalue weighted by Gasteiger charge is -2.04. The molecule has 0 saturated carbocycles. The Morgan fingerprint density at radius 2 is 2.22 bits per heavy atom. The molecule has 0 bridgehead atoms. The van der Waals surface area contributed by atoms with E-state index in [-0.39, 0.29) is 0 Å².